The number of aromatic nitrogens is 2. The summed E-state index contributed by atoms with van der Waals surface area (Å²) >= 11 is 6.27. The maximum atomic E-state index is 12.5. The van der Waals surface area contributed by atoms with Crippen LogP contribution in [0.4, 0.5) is 0 Å². The van der Waals surface area contributed by atoms with Gasteiger partial charge in [0.1, 0.15) is 17.0 Å². The second-order valence-corrected chi connectivity index (χ2v) is 7.89. The van der Waals surface area contributed by atoms with Gasteiger partial charge in [0.05, 0.1) is 6.54 Å². The van der Waals surface area contributed by atoms with Crippen molar-refractivity contribution in [3.05, 3.63) is 52.1 Å². The lowest BCUT2D eigenvalue weighted by Crippen LogP contribution is -2.45. The Balaban J connectivity index is 2.20. The average molecular weight is 450 g/mol. The van der Waals surface area contributed by atoms with Crippen LogP contribution < -0.4 is 5.32 Å². The normalized spacial score (nSPS) is 12.9. The molecule has 0 aliphatic heterocycles. The summed E-state index contributed by atoms with van der Waals surface area (Å²) in [6, 6.07) is 5.71. The summed E-state index contributed by atoms with van der Waals surface area (Å²) in [5, 5.41) is 21.3. The first kappa shape index (κ1) is 24.4. The number of halogens is 1. The molecule has 2 atom stereocenters. The second-order valence-electron chi connectivity index (χ2n) is 7.53. The fourth-order valence-corrected chi connectivity index (χ4v) is 3.43. The van der Waals surface area contributed by atoms with Gasteiger partial charge in [0.2, 0.25) is 0 Å². The van der Waals surface area contributed by atoms with E-state index in [-0.39, 0.29) is 16.8 Å². The van der Waals surface area contributed by atoms with E-state index in [0.29, 0.717) is 30.8 Å². The number of aliphatic carboxylic acids is 1. The molecule has 1 heterocycles. The monoisotopic (exact) mass is 449 g/mol. The smallest absolute Gasteiger partial charge is 0.357 e. The molecule has 1 amide bonds. The van der Waals surface area contributed by atoms with E-state index >= 15 is 0 Å². The molecule has 0 aliphatic carbocycles. The number of amides is 1. The van der Waals surface area contributed by atoms with Gasteiger partial charge >= 0.3 is 11.9 Å². The number of carboxylic acid groups (broad SMARTS) is 2. The van der Waals surface area contributed by atoms with Gasteiger partial charge in [0, 0.05) is 12.0 Å². The Bertz CT molecular complexity index is 939. The summed E-state index contributed by atoms with van der Waals surface area (Å²) in [4.78, 5) is 39.5. The number of nitrogens with zero attached hydrogens (tertiary/aromatic N) is 2. The Labute approximate surface area is 186 Å². The van der Waals surface area contributed by atoms with Crippen LogP contribution in [0.1, 0.15) is 72.3 Å². The predicted octanol–water partition coefficient (Wildman–Crippen LogP) is 3.85. The summed E-state index contributed by atoms with van der Waals surface area (Å²) in [7, 11) is 0. The molecule has 1 aromatic carbocycles. The van der Waals surface area contributed by atoms with Crippen LogP contribution in [0.3, 0.4) is 0 Å². The highest BCUT2D eigenvalue weighted by molar-refractivity contribution is 6.32. The van der Waals surface area contributed by atoms with Crippen LogP contribution in [-0.4, -0.2) is 43.7 Å². The lowest BCUT2D eigenvalue weighted by atomic mass is 9.99. The van der Waals surface area contributed by atoms with Crippen molar-refractivity contribution in [2.24, 2.45) is 5.92 Å². The van der Waals surface area contributed by atoms with Crippen molar-refractivity contribution < 1.29 is 24.6 Å². The van der Waals surface area contributed by atoms with Crippen molar-refractivity contribution in [1.29, 1.82) is 0 Å². The van der Waals surface area contributed by atoms with Crippen molar-refractivity contribution in [3.8, 4) is 0 Å². The largest absolute Gasteiger partial charge is 0.480 e. The SMILES string of the molecule is CCCCc1nc(C(=O)O)c(Cl)n1Cc1ccc(C(=O)N[C@H](C(=O)O)[C@@H](C)CC)cc1. The molecule has 0 unspecified atom stereocenters. The second kappa shape index (κ2) is 10.9. The molecule has 0 saturated heterocycles. The first-order valence-electron chi connectivity index (χ1n) is 10.3. The van der Waals surface area contributed by atoms with Gasteiger partial charge in [-0.05, 0) is 30.0 Å². The number of carbonyl (C=O) groups is 3. The van der Waals surface area contributed by atoms with Gasteiger partial charge in [0.25, 0.3) is 5.91 Å². The van der Waals surface area contributed by atoms with Gasteiger partial charge in [-0.2, -0.15) is 0 Å². The van der Waals surface area contributed by atoms with Crippen LogP contribution in [0.5, 0.6) is 0 Å². The van der Waals surface area contributed by atoms with Crippen LogP contribution in [0.15, 0.2) is 24.3 Å². The van der Waals surface area contributed by atoms with E-state index in [9.17, 15) is 24.6 Å². The van der Waals surface area contributed by atoms with Crippen molar-refractivity contribution in [2.45, 2.75) is 59.0 Å². The van der Waals surface area contributed by atoms with Crippen molar-refractivity contribution in [3.63, 3.8) is 0 Å². The number of hydrogen-bond acceptors (Lipinski definition) is 4. The minimum atomic E-state index is -1.18. The first-order valence-corrected chi connectivity index (χ1v) is 10.7. The number of imidazole rings is 1. The predicted molar refractivity (Wildman–Crippen MR) is 117 cm³/mol. The summed E-state index contributed by atoms with van der Waals surface area (Å²) in [6.45, 7) is 5.99. The number of carboxylic acids is 2. The number of carbonyl (C=O) groups excluding carboxylic acids is 1. The molecule has 31 heavy (non-hydrogen) atoms. The van der Waals surface area contributed by atoms with Crippen LogP contribution >= 0.6 is 11.6 Å². The number of hydrogen-bond donors (Lipinski definition) is 3. The molecule has 1 aromatic heterocycles. The van der Waals surface area contributed by atoms with E-state index in [4.69, 9.17) is 11.6 Å². The lowest BCUT2D eigenvalue weighted by Gasteiger charge is -2.20. The highest BCUT2D eigenvalue weighted by Crippen LogP contribution is 2.22. The van der Waals surface area contributed by atoms with Gasteiger partial charge in [-0.1, -0.05) is 57.3 Å². The van der Waals surface area contributed by atoms with Crippen LogP contribution in [-0.2, 0) is 17.8 Å². The van der Waals surface area contributed by atoms with Crippen molar-refractivity contribution >= 4 is 29.4 Å². The molecule has 0 radical (unpaired) electrons. The van der Waals surface area contributed by atoms with E-state index < -0.39 is 23.9 Å². The summed E-state index contributed by atoms with van der Waals surface area (Å²) < 4.78 is 1.67. The fraction of sp³-hybridized carbons (Fsp3) is 0.455. The standard InChI is InChI=1S/C22H28ClN3O5/c1-4-6-7-16-24-18(22(30)31)19(23)26(16)12-14-8-10-15(11-9-14)20(27)25-17(21(28)29)13(3)5-2/h8-11,13,17H,4-7,12H2,1-3H3,(H,25,27)(H,28,29)(H,30,31)/t13-,17-/m0/s1. The molecule has 0 spiro atoms. The molecular weight excluding hydrogens is 422 g/mol. The Hall–Kier alpha value is -2.87. The highest BCUT2D eigenvalue weighted by Gasteiger charge is 2.26. The zero-order valence-corrected chi connectivity index (χ0v) is 18.6. The van der Waals surface area contributed by atoms with E-state index in [1.807, 2.05) is 13.8 Å². The maximum absolute atomic E-state index is 12.5. The third kappa shape index (κ3) is 6.07. The van der Waals surface area contributed by atoms with Gasteiger partial charge in [-0.15, -0.1) is 0 Å². The number of rotatable bonds is 11. The lowest BCUT2D eigenvalue weighted by molar-refractivity contribution is -0.140. The van der Waals surface area contributed by atoms with Crippen molar-refractivity contribution in [1.82, 2.24) is 14.9 Å². The number of benzene rings is 1. The number of aromatic carboxylic acids is 1. The molecule has 2 rings (SSSR count). The highest BCUT2D eigenvalue weighted by atomic mass is 35.5. The molecular formula is C22H28ClN3O5. The van der Waals surface area contributed by atoms with Gasteiger partial charge in [-0.3, -0.25) is 4.79 Å². The molecule has 0 bridgehead atoms. The Kier molecular flexibility index (Phi) is 8.62. The Morgan fingerprint density at radius 2 is 1.81 bits per heavy atom. The van der Waals surface area contributed by atoms with Crippen LogP contribution in [0, 0.1) is 5.92 Å². The zero-order chi connectivity index (χ0) is 23.1. The fourth-order valence-electron chi connectivity index (χ4n) is 3.15. The summed E-state index contributed by atoms with van der Waals surface area (Å²) in [6.07, 6.45) is 3.02. The average Bonchev–Trinajstić information content (AvgIpc) is 3.05. The topological polar surface area (TPSA) is 122 Å². The Morgan fingerprint density at radius 1 is 1.16 bits per heavy atom. The van der Waals surface area contributed by atoms with Gasteiger partial charge in [0.15, 0.2) is 5.69 Å². The van der Waals surface area contributed by atoms with Gasteiger partial charge in [-0.25, -0.2) is 14.6 Å². The number of aryl methyl sites for hydroxylation is 1. The summed E-state index contributed by atoms with van der Waals surface area (Å²) in [5.74, 6) is -2.31. The molecule has 8 nitrogen and oxygen atoms in total. The third-order valence-electron chi connectivity index (χ3n) is 5.26. The molecule has 0 aliphatic rings. The number of nitrogens with one attached hydrogen (secondary N) is 1. The molecule has 9 heteroatoms. The zero-order valence-electron chi connectivity index (χ0n) is 17.9. The van der Waals surface area contributed by atoms with Crippen LogP contribution in [0.25, 0.3) is 0 Å². The minimum Gasteiger partial charge on any atom is -0.480 e. The van der Waals surface area contributed by atoms with E-state index in [1.54, 1.807) is 35.8 Å². The first-order chi connectivity index (χ1) is 14.7. The van der Waals surface area contributed by atoms with E-state index in [2.05, 4.69) is 10.3 Å². The molecule has 2 aromatic rings. The quantitative estimate of drug-likeness (QED) is 0.479. The molecule has 0 saturated carbocycles. The van der Waals surface area contributed by atoms with Crippen molar-refractivity contribution in [2.75, 3.05) is 0 Å². The van der Waals surface area contributed by atoms with Gasteiger partial charge < -0.3 is 20.1 Å². The van der Waals surface area contributed by atoms with E-state index in [0.717, 1.165) is 18.4 Å². The Morgan fingerprint density at radius 3 is 2.32 bits per heavy atom. The molecule has 168 valence electrons. The van der Waals surface area contributed by atoms with Crippen LogP contribution in [0.2, 0.25) is 5.15 Å². The minimum absolute atomic E-state index is 0.0678. The summed E-state index contributed by atoms with van der Waals surface area (Å²) in [5.41, 5.74) is 0.975. The third-order valence-corrected chi connectivity index (χ3v) is 5.65. The number of unbranched alkanes of at least 4 members (excludes halogenated alkanes) is 1. The van der Waals surface area contributed by atoms with E-state index in [1.165, 1.54) is 0 Å². The molecule has 0 fully saturated rings. The molecule has 3 N–H and O–H groups in total. The maximum Gasteiger partial charge on any atom is 0.357 e.